The minimum Gasteiger partial charge on any atom is -0.487 e. The number of ether oxygens (including phenoxy) is 1. The molecule has 0 unspecified atom stereocenters. The first-order valence-corrected chi connectivity index (χ1v) is 10.4. The van der Waals surface area contributed by atoms with Gasteiger partial charge in [-0.2, -0.15) is 0 Å². The van der Waals surface area contributed by atoms with Gasteiger partial charge in [0.05, 0.1) is 12.2 Å². The Kier molecular flexibility index (Phi) is 5.69. The van der Waals surface area contributed by atoms with E-state index in [0.717, 1.165) is 49.6 Å². The zero-order chi connectivity index (χ0) is 18.6. The van der Waals surface area contributed by atoms with Gasteiger partial charge in [-0.05, 0) is 50.7 Å². The van der Waals surface area contributed by atoms with Crippen molar-refractivity contribution in [2.24, 2.45) is 0 Å². The molecule has 2 aromatic rings. The predicted molar refractivity (Wildman–Crippen MR) is 104 cm³/mol. The lowest BCUT2D eigenvalue weighted by atomic mass is 10.0. The van der Waals surface area contributed by atoms with Crippen LogP contribution in [0.2, 0.25) is 0 Å². The highest BCUT2D eigenvalue weighted by molar-refractivity contribution is 7.15. The fraction of sp³-hybridized carbons (Fsp3) is 0.500. The zero-order valence-corrected chi connectivity index (χ0v) is 16.1. The van der Waals surface area contributed by atoms with Crippen molar-refractivity contribution in [1.29, 1.82) is 0 Å². The van der Waals surface area contributed by atoms with Gasteiger partial charge in [0.2, 0.25) is 5.91 Å². The lowest BCUT2D eigenvalue weighted by molar-refractivity contribution is -0.117. The van der Waals surface area contributed by atoms with E-state index in [-0.39, 0.29) is 17.8 Å². The minimum atomic E-state index is -0.328. The Bertz CT molecular complexity index is 779. The average Bonchev–Trinajstić information content (AvgIpc) is 3.07. The van der Waals surface area contributed by atoms with E-state index >= 15 is 0 Å². The number of fused-ring (bicyclic) bond motifs is 1. The Morgan fingerprint density at radius 1 is 1.26 bits per heavy atom. The van der Waals surface area contributed by atoms with Gasteiger partial charge in [0.1, 0.15) is 6.10 Å². The number of para-hydroxylation sites is 1. The highest BCUT2D eigenvalue weighted by Gasteiger charge is 2.23. The second kappa shape index (κ2) is 8.35. The van der Waals surface area contributed by atoms with Crippen LogP contribution >= 0.6 is 11.3 Å². The van der Waals surface area contributed by atoms with E-state index in [1.54, 1.807) is 29.5 Å². The van der Waals surface area contributed by atoms with E-state index in [0.29, 0.717) is 12.3 Å². The molecule has 1 fully saturated rings. The van der Waals surface area contributed by atoms with Crippen molar-refractivity contribution in [3.05, 3.63) is 40.7 Å². The van der Waals surface area contributed by atoms with Gasteiger partial charge < -0.3 is 10.1 Å². The van der Waals surface area contributed by atoms with E-state index < -0.39 is 0 Å². The van der Waals surface area contributed by atoms with Crippen LogP contribution in [0.1, 0.15) is 36.3 Å². The molecule has 0 saturated carbocycles. The van der Waals surface area contributed by atoms with Crippen molar-refractivity contribution in [3.63, 3.8) is 0 Å². The minimum absolute atomic E-state index is 0.00750. The molecule has 2 heterocycles. The molecule has 7 heteroatoms. The summed E-state index contributed by atoms with van der Waals surface area (Å²) in [7, 11) is 0. The molecule has 0 bridgehead atoms. The molecule has 4 rings (SSSR count). The van der Waals surface area contributed by atoms with Gasteiger partial charge in [-0.25, -0.2) is 9.37 Å². The number of thiazole rings is 1. The van der Waals surface area contributed by atoms with Gasteiger partial charge in [-0.15, -0.1) is 11.3 Å². The number of carbonyl (C=O) groups excluding carboxylic acids is 1. The SMILES string of the molecule is O=C(CN1CCC(Oc2ccccc2F)CC1)Nc1nc2c(s1)CCCC2. The number of hydrogen-bond donors (Lipinski definition) is 1. The third-order valence-electron chi connectivity index (χ3n) is 5.12. The van der Waals surface area contributed by atoms with Gasteiger partial charge in [0.25, 0.3) is 0 Å². The first kappa shape index (κ1) is 18.4. The topological polar surface area (TPSA) is 54.5 Å². The van der Waals surface area contributed by atoms with Crippen LogP contribution in [0, 0.1) is 5.82 Å². The summed E-state index contributed by atoms with van der Waals surface area (Å²) in [5.41, 5.74) is 1.16. The quantitative estimate of drug-likeness (QED) is 0.848. The van der Waals surface area contributed by atoms with Crippen molar-refractivity contribution < 1.29 is 13.9 Å². The molecule has 27 heavy (non-hydrogen) atoms. The van der Waals surface area contributed by atoms with Crippen molar-refractivity contribution in [1.82, 2.24) is 9.88 Å². The molecule has 1 aromatic carbocycles. The van der Waals surface area contributed by atoms with E-state index in [1.165, 1.54) is 23.8 Å². The lowest BCUT2D eigenvalue weighted by Crippen LogP contribution is -2.42. The third kappa shape index (κ3) is 4.65. The number of anilines is 1. The number of nitrogens with one attached hydrogen (secondary N) is 1. The molecule has 2 aliphatic rings. The summed E-state index contributed by atoms with van der Waals surface area (Å²) >= 11 is 1.61. The van der Waals surface area contributed by atoms with Crippen molar-refractivity contribution >= 4 is 22.4 Å². The molecule has 1 aliphatic carbocycles. The summed E-state index contributed by atoms with van der Waals surface area (Å²) in [6.45, 7) is 1.89. The van der Waals surface area contributed by atoms with Crippen LogP contribution in [0.3, 0.4) is 0 Å². The number of likely N-dealkylation sites (tertiary alicyclic amines) is 1. The van der Waals surface area contributed by atoms with Crippen molar-refractivity contribution in [2.45, 2.75) is 44.6 Å². The molecular weight excluding hydrogens is 365 g/mol. The number of amides is 1. The van der Waals surface area contributed by atoms with E-state index in [4.69, 9.17) is 4.74 Å². The number of nitrogens with zero attached hydrogens (tertiary/aromatic N) is 2. The van der Waals surface area contributed by atoms with E-state index in [2.05, 4.69) is 15.2 Å². The number of aromatic nitrogens is 1. The number of halogens is 1. The molecule has 1 N–H and O–H groups in total. The first-order valence-electron chi connectivity index (χ1n) is 9.59. The van der Waals surface area contributed by atoms with E-state index in [1.807, 2.05) is 0 Å². The Morgan fingerprint density at radius 3 is 2.81 bits per heavy atom. The average molecular weight is 389 g/mol. The Labute approximate surface area is 162 Å². The molecule has 0 radical (unpaired) electrons. The molecule has 1 aromatic heterocycles. The van der Waals surface area contributed by atoms with Crippen LogP contribution in [0.25, 0.3) is 0 Å². The van der Waals surface area contributed by atoms with Crippen molar-refractivity contribution in [3.8, 4) is 5.75 Å². The van der Waals surface area contributed by atoms with Gasteiger partial charge in [-0.3, -0.25) is 9.69 Å². The largest absolute Gasteiger partial charge is 0.487 e. The van der Waals surface area contributed by atoms with Crippen LogP contribution in [0.5, 0.6) is 5.75 Å². The number of hydrogen-bond acceptors (Lipinski definition) is 5. The standard InChI is InChI=1S/C20H24FN3O2S/c21-15-5-1-3-7-17(15)26-14-9-11-24(12-10-14)13-19(25)23-20-22-16-6-2-4-8-18(16)27-20/h1,3,5,7,14H,2,4,6,8-13H2,(H,22,23,25). The maximum absolute atomic E-state index is 13.7. The van der Waals surface area contributed by atoms with Crippen LogP contribution in [-0.4, -0.2) is 41.5 Å². The smallest absolute Gasteiger partial charge is 0.240 e. The maximum atomic E-state index is 13.7. The molecule has 144 valence electrons. The monoisotopic (exact) mass is 389 g/mol. The fourth-order valence-corrected chi connectivity index (χ4v) is 4.74. The van der Waals surface area contributed by atoms with Crippen LogP contribution in [0.15, 0.2) is 24.3 Å². The number of aryl methyl sites for hydroxylation is 2. The van der Waals surface area contributed by atoms with Crippen molar-refractivity contribution in [2.75, 3.05) is 25.0 Å². The van der Waals surface area contributed by atoms with Gasteiger partial charge in [0, 0.05) is 18.0 Å². The zero-order valence-electron chi connectivity index (χ0n) is 15.2. The van der Waals surface area contributed by atoms with Crippen LogP contribution in [0.4, 0.5) is 9.52 Å². The summed E-state index contributed by atoms with van der Waals surface area (Å²) in [5.74, 6) is -0.0403. The summed E-state index contributed by atoms with van der Waals surface area (Å²) in [4.78, 5) is 20.3. The molecule has 0 spiro atoms. The van der Waals surface area contributed by atoms with Gasteiger partial charge in [0.15, 0.2) is 16.7 Å². The molecule has 1 aliphatic heterocycles. The Balaban J connectivity index is 1.23. The highest BCUT2D eigenvalue weighted by Crippen LogP contribution is 2.29. The van der Waals surface area contributed by atoms with Gasteiger partial charge in [-0.1, -0.05) is 12.1 Å². The number of benzene rings is 1. The maximum Gasteiger partial charge on any atom is 0.240 e. The molecule has 0 atom stereocenters. The summed E-state index contributed by atoms with van der Waals surface area (Å²) in [5, 5.41) is 3.68. The summed E-state index contributed by atoms with van der Waals surface area (Å²) in [6.07, 6.45) is 6.07. The number of rotatable bonds is 5. The summed E-state index contributed by atoms with van der Waals surface area (Å²) in [6, 6.07) is 6.49. The lowest BCUT2D eigenvalue weighted by Gasteiger charge is -2.31. The van der Waals surface area contributed by atoms with Crippen LogP contribution in [-0.2, 0) is 17.6 Å². The van der Waals surface area contributed by atoms with E-state index in [9.17, 15) is 9.18 Å². The number of carbonyl (C=O) groups is 1. The second-order valence-electron chi connectivity index (χ2n) is 7.17. The highest BCUT2D eigenvalue weighted by atomic mass is 32.1. The van der Waals surface area contributed by atoms with Gasteiger partial charge >= 0.3 is 0 Å². The third-order valence-corrected chi connectivity index (χ3v) is 6.20. The molecule has 1 saturated heterocycles. The summed E-state index contributed by atoms with van der Waals surface area (Å²) < 4.78 is 19.5. The first-order chi connectivity index (χ1) is 13.2. The molecule has 5 nitrogen and oxygen atoms in total. The number of piperidine rings is 1. The molecular formula is C20H24FN3O2S. The Hall–Kier alpha value is -1.99. The second-order valence-corrected chi connectivity index (χ2v) is 8.25. The van der Waals surface area contributed by atoms with Crippen LogP contribution < -0.4 is 10.1 Å². The fourth-order valence-electron chi connectivity index (χ4n) is 3.67. The molecule has 1 amide bonds. The predicted octanol–water partition coefficient (Wildman–Crippen LogP) is 3.64. The normalized spacial score (nSPS) is 18.1. The Morgan fingerprint density at radius 2 is 2.04 bits per heavy atom.